The van der Waals surface area contributed by atoms with Gasteiger partial charge in [0.05, 0.1) is 0 Å². The standard InChI is InChI=1S/C14H24N4/c1-4-7-12-17-13(15-6-3)9-14(18-12)16-11-8-10(11)5-2/h9-11H,4-8H2,1-3H3,(H2,15,16,17,18). The Kier molecular flexibility index (Phi) is 4.39. The average Bonchev–Trinajstić information content (AvgIpc) is 3.08. The van der Waals surface area contributed by atoms with E-state index in [0.29, 0.717) is 6.04 Å². The SMILES string of the molecule is CCCc1nc(NCC)cc(NC2CC2CC)n1. The maximum Gasteiger partial charge on any atom is 0.133 e. The number of hydrogen-bond acceptors (Lipinski definition) is 4. The maximum absolute atomic E-state index is 4.59. The average molecular weight is 248 g/mol. The Balaban J connectivity index is 2.07. The number of anilines is 2. The van der Waals surface area contributed by atoms with Crippen LogP contribution in [0.2, 0.25) is 0 Å². The highest BCUT2D eigenvalue weighted by molar-refractivity contribution is 5.49. The fourth-order valence-electron chi connectivity index (χ4n) is 2.24. The van der Waals surface area contributed by atoms with E-state index in [4.69, 9.17) is 0 Å². The van der Waals surface area contributed by atoms with Crippen molar-refractivity contribution in [3.8, 4) is 0 Å². The Hall–Kier alpha value is -1.32. The summed E-state index contributed by atoms with van der Waals surface area (Å²) < 4.78 is 0. The minimum absolute atomic E-state index is 0.619. The molecular weight excluding hydrogens is 224 g/mol. The van der Waals surface area contributed by atoms with Crippen LogP contribution in [0.1, 0.15) is 45.9 Å². The van der Waals surface area contributed by atoms with Crippen LogP contribution in [0.15, 0.2) is 6.07 Å². The molecule has 1 aromatic heterocycles. The molecule has 1 fully saturated rings. The van der Waals surface area contributed by atoms with Gasteiger partial charge in [0.15, 0.2) is 0 Å². The third kappa shape index (κ3) is 3.34. The molecule has 1 heterocycles. The van der Waals surface area contributed by atoms with Crippen molar-refractivity contribution in [2.24, 2.45) is 5.92 Å². The number of aryl methyl sites for hydroxylation is 1. The molecule has 2 rings (SSSR count). The monoisotopic (exact) mass is 248 g/mol. The summed E-state index contributed by atoms with van der Waals surface area (Å²) >= 11 is 0. The fraction of sp³-hybridized carbons (Fsp3) is 0.714. The second kappa shape index (κ2) is 6.03. The van der Waals surface area contributed by atoms with Gasteiger partial charge in [0.25, 0.3) is 0 Å². The smallest absolute Gasteiger partial charge is 0.133 e. The Labute approximate surface area is 110 Å². The normalized spacial score (nSPS) is 21.7. The van der Waals surface area contributed by atoms with Crippen molar-refractivity contribution in [3.05, 3.63) is 11.9 Å². The highest BCUT2D eigenvalue weighted by atomic mass is 15.1. The summed E-state index contributed by atoms with van der Waals surface area (Å²) in [6.45, 7) is 7.38. The molecule has 4 heteroatoms. The van der Waals surface area contributed by atoms with Crippen molar-refractivity contribution >= 4 is 11.6 Å². The van der Waals surface area contributed by atoms with Crippen LogP contribution >= 0.6 is 0 Å². The highest BCUT2D eigenvalue weighted by Gasteiger charge is 2.35. The molecule has 0 spiro atoms. The lowest BCUT2D eigenvalue weighted by molar-refractivity contribution is 0.770. The molecular formula is C14H24N4. The zero-order valence-corrected chi connectivity index (χ0v) is 11.7. The summed E-state index contributed by atoms with van der Waals surface area (Å²) in [6.07, 6.45) is 4.55. The van der Waals surface area contributed by atoms with Crippen LogP contribution in [-0.4, -0.2) is 22.6 Å². The predicted molar refractivity (Wildman–Crippen MR) is 76.0 cm³/mol. The second-order valence-corrected chi connectivity index (χ2v) is 4.99. The van der Waals surface area contributed by atoms with Crippen molar-refractivity contribution in [1.29, 1.82) is 0 Å². The van der Waals surface area contributed by atoms with Gasteiger partial charge in [-0.2, -0.15) is 0 Å². The Morgan fingerprint density at radius 2 is 2.00 bits per heavy atom. The van der Waals surface area contributed by atoms with Crippen LogP contribution in [0.25, 0.3) is 0 Å². The van der Waals surface area contributed by atoms with Gasteiger partial charge in [-0.3, -0.25) is 0 Å². The fourth-order valence-corrected chi connectivity index (χ4v) is 2.24. The van der Waals surface area contributed by atoms with Crippen molar-refractivity contribution in [2.75, 3.05) is 17.2 Å². The number of nitrogens with zero attached hydrogens (tertiary/aromatic N) is 2. The van der Waals surface area contributed by atoms with Gasteiger partial charge in [0, 0.05) is 25.1 Å². The van der Waals surface area contributed by atoms with Crippen molar-refractivity contribution in [2.45, 2.75) is 52.5 Å². The number of aromatic nitrogens is 2. The van der Waals surface area contributed by atoms with Gasteiger partial charge in [-0.05, 0) is 25.7 Å². The largest absolute Gasteiger partial charge is 0.370 e. The van der Waals surface area contributed by atoms with Crippen molar-refractivity contribution < 1.29 is 0 Å². The molecule has 1 aliphatic carbocycles. The molecule has 0 aliphatic heterocycles. The summed E-state index contributed by atoms with van der Waals surface area (Å²) in [5.41, 5.74) is 0. The van der Waals surface area contributed by atoms with E-state index in [9.17, 15) is 0 Å². The molecule has 2 atom stereocenters. The van der Waals surface area contributed by atoms with E-state index >= 15 is 0 Å². The summed E-state index contributed by atoms with van der Waals surface area (Å²) in [6, 6.07) is 2.64. The van der Waals surface area contributed by atoms with Crippen molar-refractivity contribution in [3.63, 3.8) is 0 Å². The quantitative estimate of drug-likeness (QED) is 0.778. The lowest BCUT2D eigenvalue weighted by Gasteiger charge is -2.10. The van der Waals surface area contributed by atoms with E-state index in [1.54, 1.807) is 0 Å². The second-order valence-electron chi connectivity index (χ2n) is 4.99. The predicted octanol–water partition coefficient (Wildman–Crippen LogP) is 3.07. The molecule has 0 amide bonds. The topological polar surface area (TPSA) is 49.8 Å². The molecule has 0 radical (unpaired) electrons. The third-order valence-electron chi connectivity index (χ3n) is 3.38. The molecule has 0 saturated heterocycles. The van der Waals surface area contributed by atoms with Crippen LogP contribution in [0.5, 0.6) is 0 Å². The van der Waals surface area contributed by atoms with E-state index < -0.39 is 0 Å². The number of rotatable bonds is 7. The van der Waals surface area contributed by atoms with Crippen LogP contribution in [0.3, 0.4) is 0 Å². The van der Waals surface area contributed by atoms with Gasteiger partial charge in [-0.15, -0.1) is 0 Å². The van der Waals surface area contributed by atoms with Crippen LogP contribution in [-0.2, 0) is 6.42 Å². The summed E-state index contributed by atoms with van der Waals surface area (Å²) in [7, 11) is 0. The van der Waals surface area contributed by atoms with E-state index in [2.05, 4.69) is 41.4 Å². The van der Waals surface area contributed by atoms with Gasteiger partial charge in [-0.1, -0.05) is 20.3 Å². The lowest BCUT2D eigenvalue weighted by Crippen LogP contribution is -2.10. The van der Waals surface area contributed by atoms with Crippen LogP contribution in [0, 0.1) is 5.92 Å². The molecule has 1 saturated carbocycles. The molecule has 1 aliphatic rings. The van der Waals surface area contributed by atoms with E-state index in [1.807, 2.05) is 6.07 Å². The number of hydrogen-bond donors (Lipinski definition) is 2. The van der Waals surface area contributed by atoms with E-state index in [-0.39, 0.29) is 0 Å². The lowest BCUT2D eigenvalue weighted by atomic mass is 10.3. The van der Waals surface area contributed by atoms with Crippen LogP contribution in [0.4, 0.5) is 11.6 Å². The zero-order valence-electron chi connectivity index (χ0n) is 11.7. The molecule has 2 unspecified atom stereocenters. The number of nitrogens with one attached hydrogen (secondary N) is 2. The summed E-state index contributed by atoms with van der Waals surface area (Å²) in [5, 5.41) is 6.80. The Bertz CT molecular complexity index is 367. The first kappa shape index (κ1) is 13.1. The van der Waals surface area contributed by atoms with Gasteiger partial charge in [0.1, 0.15) is 17.5 Å². The molecule has 18 heavy (non-hydrogen) atoms. The molecule has 100 valence electrons. The van der Waals surface area contributed by atoms with Crippen molar-refractivity contribution in [1.82, 2.24) is 9.97 Å². The Morgan fingerprint density at radius 3 is 2.61 bits per heavy atom. The van der Waals surface area contributed by atoms with E-state index in [0.717, 1.165) is 42.8 Å². The van der Waals surface area contributed by atoms with E-state index in [1.165, 1.54) is 12.8 Å². The first-order valence-electron chi connectivity index (χ1n) is 7.15. The van der Waals surface area contributed by atoms with Gasteiger partial charge in [-0.25, -0.2) is 9.97 Å². The first-order chi connectivity index (χ1) is 8.76. The summed E-state index contributed by atoms with van der Waals surface area (Å²) in [4.78, 5) is 9.11. The van der Waals surface area contributed by atoms with Gasteiger partial charge < -0.3 is 10.6 Å². The molecule has 0 aromatic carbocycles. The third-order valence-corrected chi connectivity index (χ3v) is 3.38. The minimum Gasteiger partial charge on any atom is -0.370 e. The van der Waals surface area contributed by atoms with Gasteiger partial charge >= 0.3 is 0 Å². The molecule has 4 nitrogen and oxygen atoms in total. The highest BCUT2D eigenvalue weighted by Crippen LogP contribution is 2.35. The molecule has 1 aromatic rings. The minimum atomic E-state index is 0.619. The Morgan fingerprint density at radius 1 is 1.22 bits per heavy atom. The van der Waals surface area contributed by atoms with Gasteiger partial charge in [0.2, 0.25) is 0 Å². The molecule has 2 N–H and O–H groups in total. The summed E-state index contributed by atoms with van der Waals surface area (Å²) in [5.74, 6) is 3.68. The zero-order chi connectivity index (χ0) is 13.0. The van der Waals surface area contributed by atoms with Crippen LogP contribution < -0.4 is 10.6 Å². The first-order valence-corrected chi connectivity index (χ1v) is 7.15. The maximum atomic E-state index is 4.59. The molecule has 0 bridgehead atoms.